The molecule has 0 aliphatic carbocycles. The van der Waals surface area contributed by atoms with Gasteiger partial charge < -0.3 is 9.47 Å². The van der Waals surface area contributed by atoms with Crippen LogP contribution in [0.1, 0.15) is 0 Å². The fraction of sp³-hybridized carbons (Fsp3) is 0. The highest BCUT2D eigenvalue weighted by atomic mass is 32.1. The van der Waals surface area contributed by atoms with Crippen molar-refractivity contribution in [1.82, 2.24) is 4.57 Å². The molecule has 0 saturated heterocycles. The third-order valence-corrected chi connectivity index (χ3v) is 13.3. The number of fused-ring (bicyclic) bond motifs is 7. The summed E-state index contributed by atoms with van der Waals surface area (Å²) >= 11 is 1.86. The van der Waals surface area contributed by atoms with Crippen LogP contribution in [0.15, 0.2) is 231 Å². The Balaban J connectivity index is 1.09. The van der Waals surface area contributed by atoms with Crippen molar-refractivity contribution in [1.29, 1.82) is 0 Å². The van der Waals surface area contributed by atoms with E-state index in [-0.39, 0.29) is 0 Å². The number of hydrogen-bond acceptors (Lipinski definition) is 2. The molecular weight excluding hydrogens is 757 g/mol. The van der Waals surface area contributed by atoms with E-state index in [1.807, 2.05) is 11.3 Å². The Morgan fingerprint density at radius 1 is 0.344 bits per heavy atom. The summed E-state index contributed by atoms with van der Waals surface area (Å²) in [6.45, 7) is 0. The van der Waals surface area contributed by atoms with Crippen molar-refractivity contribution in [3.63, 3.8) is 0 Å². The quantitative estimate of drug-likeness (QED) is 0.156. The minimum atomic E-state index is 1.08. The van der Waals surface area contributed by atoms with Crippen LogP contribution in [0, 0.1) is 0 Å². The van der Waals surface area contributed by atoms with Gasteiger partial charge in [-0.3, -0.25) is 0 Å². The molecule has 0 radical (unpaired) electrons. The second kappa shape index (κ2) is 14.5. The van der Waals surface area contributed by atoms with Crippen LogP contribution in [-0.2, 0) is 0 Å². The van der Waals surface area contributed by atoms with Crippen molar-refractivity contribution in [2.75, 3.05) is 4.90 Å². The van der Waals surface area contributed by atoms with Crippen LogP contribution >= 0.6 is 11.3 Å². The van der Waals surface area contributed by atoms with Gasteiger partial charge in [0.25, 0.3) is 0 Å². The van der Waals surface area contributed by atoms with Crippen molar-refractivity contribution in [2.45, 2.75) is 0 Å². The first kappa shape index (κ1) is 35.2. The molecule has 0 atom stereocenters. The lowest BCUT2D eigenvalue weighted by Gasteiger charge is -2.29. The van der Waals surface area contributed by atoms with E-state index in [0.717, 1.165) is 28.3 Å². The van der Waals surface area contributed by atoms with E-state index < -0.39 is 0 Å². The maximum Gasteiger partial charge on any atom is 0.0702 e. The fourth-order valence-electron chi connectivity index (χ4n) is 9.43. The normalized spacial score (nSPS) is 11.6. The molecule has 0 spiro atoms. The third-order valence-electron chi connectivity index (χ3n) is 12.2. The molecule has 0 aliphatic rings. The summed E-state index contributed by atoms with van der Waals surface area (Å²) in [7, 11) is 0. The van der Waals surface area contributed by atoms with Gasteiger partial charge in [0.05, 0.1) is 22.4 Å². The molecule has 10 aromatic carbocycles. The Hall–Kier alpha value is -7.72. The zero-order valence-electron chi connectivity index (χ0n) is 33.2. The minimum absolute atomic E-state index is 1.08. The van der Waals surface area contributed by atoms with E-state index >= 15 is 0 Å². The summed E-state index contributed by atoms with van der Waals surface area (Å²) in [5.74, 6) is 0. The van der Waals surface area contributed by atoms with Gasteiger partial charge in [-0.25, -0.2) is 0 Å². The van der Waals surface area contributed by atoms with Crippen molar-refractivity contribution >= 4 is 81.1 Å². The Morgan fingerprint density at radius 2 is 0.885 bits per heavy atom. The Morgan fingerprint density at radius 3 is 1.64 bits per heavy atom. The average Bonchev–Trinajstić information content (AvgIpc) is 3.87. The van der Waals surface area contributed by atoms with Crippen molar-refractivity contribution < 1.29 is 0 Å². The summed E-state index contributed by atoms with van der Waals surface area (Å²) < 4.78 is 5.06. The van der Waals surface area contributed by atoms with Crippen LogP contribution in [0.3, 0.4) is 0 Å². The number of anilines is 3. The van der Waals surface area contributed by atoms with Crippen molar-refractivity contribution in [3.8, 4) is 39.1 Å². The van der Waals surface area contributed by atoms with Gasteiger partial charge in [-0.1, -0.05) is 164 Å². The second-order valence-corrected chi connectivity index (χ2v) is 16.8. The molecule has 2 nitrogen and oxygen atoms in total. The number of nitrogens with zero attached hydrogens (tertiary/aromatic N) is 2. The van der Waals surface area contributed by atoms with E-state index in [4.69, 9.17) is 0 Å². The zero-order valence-corrected chi connectivity index (χ0v) is 34.1. The predicted octanol–water partition coefficient (Wildman–Crippen LogP) is 16.8. The second-order valence-electron chi connectivity index (χ2n) is 15.7. The number of thiophene rings is 1. The van der Waals surface area contributed by atoms with E-state index in [1.165, 1.54) is 80.6 Å². The lowest BCUT2D eigenvalue weighted by molar-refractivity contribution is 1.15. The molecule has 0 amide bonds. The van der Waals surface area contributed by atoms with Gasteiger partial charge in [0.2, 0.25) is 0 Å². The number of benzene rings is 10. The smallest absolute Gasteiger partial charge is 0.0702 e. The predicted molar refractivity (Wildman–Crippen MR) is 262 cm³/mol. The van der Waals surface area contributed by atoms with Gasteiger partial charge in [-0.2, -0.15) is 0 Å². The summed E-state index contributed by atoms with van der Waals surface area (Å²) in [5, 5.41) is 7.57. The molecule has 0 bridgehead atoms. The first-order valence-electron chi connectivity index (χ1n) is 20.8. The van der Waals surface area contributed by atoms with Crippen LogP contribution in [0.5, 0.6) is 0 Å². The summed E-state index contributed by atoms with van der Waals surface area (Å²) in [5.41, 5.74) is 13.9. The molecule has 12 aromatic rings. The lowest BCUT2D eigenvalue weighted by Crippen LogP contribution is -2.13. The fourth-order valence-corrected chi connectivity index (χ4v) is 10.5. The molecule has 2 aromatic heterocycles. The number of rotatable bonds is 7. The Kier molecular flexibility index (Phi) is 8.39. The number of aromatic nitrogens is 1. The lowest BCUT2D eigenvalue weighted by atomic mass is 9.91. The molecule has 286 valence electrons. The minimum Gasteiger partial charge on any atom is -0.308 e. The SMILES string of the molecule is c1ccc(-c2cccc3cccc(-c4cccc(N(c5cccc(-c6ccc7sc8ccccc8c7c6)c5)c5ccccc5-n5c6ccccc6c6ccccc65)c4)c23)cc1. The van der Waals surface area contributed by atoms with E-state index in [0.29, 0.717) is 0 Å². The van der Waals surface area contributed by atoms with Gasteiger partial charge in [0, 0.05) is 42.3 Å². The van der Waals surface area contributed by atoms with Gasteiger partial charge >= 0.3 is 0 Å². The highest BCUT2D eigenvalue weighted by molar-refractivity contribution is 7.25. The van der Waals surface area contributed by atoms with Gasteiger partial charge in [0.1, 0.15) is 0 Å². The maximum atomic E-state index is 2.45. The van der Waals surface area contributed by atoms with Crippen LogP contribution in [0.25, 0.3) is 91.8 Å². The largest absolute Gasteiger partial charge is 0.308 e. The number of para-hydroxylation sites is 4. The summed E-state index contributed by atoms with van der Waals surface area (Å²) in [6, 6.07) is 84.3. The Bertz CT molecular complexity index is 3550. The molecule has 2 heterocycles. The van der Waals surface area contributed by atoms with Gasteiger partial charge in [-0.05, 0) is 111 Å². The molecule has 0 N–H and O–H groups in total. The topological polar surface area (TPSA) is 8.17 Å². The van der Waals surface area contributed by atoms with E-state index in [9.17, 15) is 0 Å². The van der Waals surface area contributed by atoms with Gasteiger partial charge in [0.15, 0.2) is 0 Å². The highest BCUT2D eigenvalue weighted by Gasteiger charge is 2.22. The third kappa shape index (κ3) is 5.93. The monoisotopic (exact) mass is 794 g/mol. The first-order chi connectivity index (χ1) is 30.3. The molecule has 3 heteroatoms. The van der Waals surface area contributed by atoms with Gasteiger partial charge in [-0.15, -0.1) is 11.3 Å². The molecule has 61 heavy (non-hydrogen) atoms. The van der Waals surface area contributed by atoms with Crippen LogP contribution in [0.2, 0.25) is 0 Å². The number of hydrogen-bond donors (Lipinski definition) is 0. The van der Waals surface area contributed by atoms with Crippen LogP contribution in [0.4, 0.5) is 17.1 Å². The Labute approximate surface area is 358 Å². The van der Waals surface area contributed by atoms with Crippen LogP contribution in [-0.4, -0.2) is 4.57 Å². The standard InChI is InChI=1S/C58H38N2S/c1-2-16-39(17-3-1)46-27-14-18-40-19-15-28-47(58(40)46)43-21-13-23-45(37-43)59(44-22-12-20-41(36-44)42-34-35-57-51(38-42)50-26-6-11-33-56(50)61-57)54-31-9-10-32-55(54)60-52-29-7-4-24-48(52)49-25-5-8-30-53(49)60/h1-38H. The summed E-state index contributed by atoms with van der Waals surface area (Å²) in [4.78, 5) is 2.45. The molecule has 0 unspecified atom stereocenters. The van der Waals surface area contributed by atoms with Crippen molar-refractivity contribution in [3.05, 3.63) is 231 Å². The first-order valence-corrected chi connectivity index (χ1v) is 21.7. The highest BCUT2D eigenvalue weighted by Crippen LogP contribution is 2.45. The molecule has 0 saturated carbocycles. The molecule has 12 rings (SSSR count). The summed E-state index contributed by atoms with van der Waals surface area (Å²) in [6.07, 6.45) is 0. The molecule has 0 fully saturated rings. The van der Waals surface area contributed by atoms with E-state index in [2.05, 4.69) is 240 Å². The van der Waals surface area contributed by atoms with E-state index in [1.54, 1.807) is 0 Å². The maximum absolute atomic E-state index is 2.45. The zero-order chi connectivity index (χ0) is 40.3. The molecular formula is C58H38N2S. The van der Waals surface area contributed by atoms with Crippen molar-refractivity contribution in [2.24, 2.45) is 0 Å². The van der Waals surface area contributed by atoms with Crippen LogP contribution < -0.4 is 4.90 Å². The average molecular weight is 795 g/mol. The molecule has 0 aliphatic heterocycles.